The number of amides is 1. The van der Waals surface area contributed by atoms with Crippen molar-refractivity contribution in [3.8, 4) is 11.1 Å². The zero-order valence-electron chi connectivity index (χ0n) is 18.1. The number of H-pyrrole nitrogens is 1. The number of carbonyl (C=O) groups excluding carboxylic acids is 1. The summed E-state index contributed by atoms with van der Waals surface area (Å²) in [6.07, 6.45) is 9.36. The molecule has 164 valence electrons. The van der Waals surface area contributed by atoms with Crippen LogP contribution in [0.15, 0.2) is 47.5 Å². The van der Waals surface area contributed by atoms with Gasteiger partial charge >= 0.3 is 0 Å². The van der Waals surface area contributed by atoms with E-state index in [2.05, 4.69) is 25.5 Å². The first kappa shape index (κ1) is 21.1. The summed E-state index contributed by atoms with van der Waals surface area (Å²) in [4.78, 5) is 36.3. The zero-order valence-corrected chi connectivity index (χ0v) is 18.1. The fourth-order valence-electron chi connectivity index (χ4n) is 3.84. The summed E-state index contributed by atoms with van der Waals surface area (Å²) in [5.74, 6) is 1.43. The quantitative estimate of drug-likeness (QED) is 0.533. The van der Waals surface area contributed by atoms with Gasteiger partial charge in [-0.2, -0.15) is 0 Å². The van der Waals surface area contributed by atoms with Crippen LogP contribution >= 0.6 is 0 Å². The van der Waals surface area contributed by atoms with Gasteiger partial charge in [0.05, 0.1) is 6.04 Å². The SMILES string of the molecule is CNCC=CC(=O)N1CC(N(CC2CC2)c2cc(-c3ccnc(NC)c3)c[nH]c2=O)C1. The van der Waals surface area contributed by atoms with Gasteiger partial charge in [-0.25, -0.2) is 4.98 Å². The zero-order chi connectivity index (χ0) is 21.8. The highest BCUT2D eigenvalue weighted by molar-refractivity contribution is 5.88. The van der Waals surface area contributed by atoms with E-state index in [1.165, 1.54) is 12.8 Å². The number of hydrogen-bond acceptors (Lipinski definition) is 6. The van der Waals surface area contributed by atoms with Crippen LogP contribution in [0.1, 0.15) is 12.8 Å². The maximum Gasteiger partial charge on any atom is 0.271 e. The van der Waals surface area contributed by atoms with E-state index in [0.29, 0.717) is 31.2 Å². The second-order valence-corrected chi connectivity index (χ2v) is 8.24. The van der Waals surface area contributed by atoms with Crippen LogP contribution in [0.5, 0.6) is 0 Å². The molecule has 1 amide bonds. The topological polar surface area (TPSA) is 93.4 Å². The second kappa shape index (κ2) is 9.34. The molecule has 2 aromatic heterocycles. The summed E-state index contributed by atoms with van der Waals surface area (Å²) in [7, 11) is 3.68. The molecule has 8 nitrogen and oxygen atoms in total. The first-order valence-corrected chi connectivity index (χ1v) is 10.8. The molecule has 1 aliphatic heterocycles. The van der Waals surface area contributed by atoms with Crippen LogP contribution in [0.2, 0.25) is 0 Å². The monoisotopic (exact) mass is 422 g/mol. The lowest BCUT2D eigenvalue weighted by Crippen LogP contribution is -2.62. The minimum Gasteiger partial charge on any atom is -0.373 e. The molecule has 8 heteroatoms. The fraction of sp³-hybridized carbons (Fsp3) is 0.435. The maximum absolute atomic E-state index is 12.8. The van der Waals surface area contributed by atoms with E-state index in [1.807, 2.05) is 43.3 Å². The van der Waals surface area contributed by atoms with Crippen molar-refractivity contribution in [1.82, 2.24) is 20.2 Å². The molecule has 0 aromatic carbocycles. The molecule has 1 saturated carbocycles. The van der Waals surface area contributed by atoms with E-state index in [9.17, 15) is 9.59 Å². The Kier molecular flexibility index (Phi) is 6.36. The molecule has 3 heterocycles. The van der Waals surface area contributed by atoms with E-state index in [-0.39, 0.29) is 17.5 Å². The van der Waals surface area contributed by atoms with E-state index >= 15 is 0 Å². The largest absolute Gasteiger partial charge is 0.373 e. The molecular weight excluding hydrogens is 392 g/mol. The van der Waals surface area contributed by atoms with Gasteiger partial charge in [0, 0.05) is 57.3 Å². The van der Waals surface area contributed by atoms with Crippen molar-refractivity contribution in [2.75, 3.05) is 50.5 Å². The fourth-order valence-corrected chi connectivity index (χ4v) is 3.84. The van der Waals surface area contributed by atoms with Gasteiger partial charge in [-0.1, -0.05) is 6.08 Å². The van der Waals surface area contributed by atoms with Gasteiger partial charge in [-0.05, 0) is 49.6 Å². The van der Waals surface area contributed by atoms with Crippen LogP contribution < -0.4 is 21.1 Å². The van der Waals surface area contributed by atoms with Crippen LogP contribution in [0, 0.1) is 5.92 Å². The Morgan fingerprint density at radius 1 is 1.29 bits per heavy atom. The Morgan fingerprint density at radius 3 is 2.81 bits per heavy atom. The Bertz CT molecular complexity index is 1010. The van der Waals surface area contributed by atoms with Gasteiger partial charge in [0.15, 0.2) is 0 Å². The van der Waals surface area contributed by atoms with E-state index in [0.717, 1.165) is 23.5 Å². The molecule has 2 fully saturated rings. The highest BCUT2D eigenvalue weighted by Crippen LogP contribution is 2.34. The molecule has 1 saturated heterocycles. The Balaban J connectivity index is 1.54. The number of anilines is 2. The van der Waals surface area contributed by atoms with Gasteiger partial charge in [0.2, 0.25) is 5.91 Å². The van der Waals surface area contributed by atoms with Crippen molar-refractivity contribution in [2.24, 2.45) is 5.92 Å². The first-order chi connectivity index (χ1) is 15.1. The van der Waals surface area contributed by atoms with Crippen molar-refractivity contribution in [1.29, 1.82) is 0 Å². The minimum absolute atomic E-state index is 0.0249. The van der Waals surface area contributed by atoms with Crippen LogP contribution in [-0.4, -0.2) is 67.1 Å². The molecule has 0 atom stereocenters. The van der Waals surface area contributed by atoms with E-state index in [1.54, 1.807) is 18.5 Å². The van der Waals surface area contributed by atoms with Crippen molar-refractivity contribution in [3.63, 3.8) is 0 Å². The Morgan fingerprint density at radius 2 is 2.10 bits per heavy atom. The molecule has 3 N–H and O–H groups in total. The number of rotatable bonds is 9. The lowest BCUT2D eigenvalue weighted by atomic mass is 10.0. The number of aromatic nitrogens is 2. The second-order valence-electron chi connectivity index (χ2n) is 8.24. The number of hydrogen-bond donors (Lipinski definition) is 3. The summed E-state index contributed by atoms with van der Waals surface area (Å²) in [6.45, 7) is 2.80. The van der Waals surface area contributed by atoms with Crippen molar-refractivity contribution in [2.45, 2.75) is 18.9 Å². The third kappa shape index (κ3) is 4.96. The van der Waals surface area contributed by atoms with Crippen LogP contribution in [0.25, 0.3) is 11.1 Å². The summed E-state index contributed by atoms with van der Waals surface area (Å²) in [6, 6.07) is 6.02. The number of likely N-dealkylation sites (tertiary alicyclic amines) is 1. The highest BCUT2D eigenvalue weighted by atomic mass is 16.2. The van der Waals surface area contributed by atoms with Gasteiger partial charge < -0.3 is 25.4 Å². The normalized spacial score (nSPS) is 16.4. The Hall–Kier alpha value is -3.13. The van der Waals surface area contributed by atoms with Crippen molar-refractivity contribution >= 4 is 17.4 Å². The number of likely N-dealkylation sites (N-methyl/N-ethyl adjacent to an activating group) is 1. The highest BCUT2D eigenvalue weighted by Gasteiger charge is 2.37. The van der Waals surface area contributed by atoms with E-state index < -0.39 is 0 Å². The van der Waals surface area contributed by atoms with E-state index in [4.69, 9.17) is 0 Å². The number of aromatic amines is 1. The number of nitrogens with zero attached hydrogens (tertiary/aromatic N) is 3. The lowest BCUT2D eigenvalue weighted by Gasteiger charge is -2.46. The summed E-state index contributed by atoms with van der Waals surface area (Å²) in [5, 5.41) is 6.05. The maximum atomic E-state index is 12.8. The first-order valence-electron chi connectivity index (χ1n) is 10.8. The molecule has 2 aliphatic rings. The predicted molar refractivity (Wildman–Crippen MR) is 123 cm³/mol. The molecule has 0 unspecified atom stereocenters. The van der Waals surface area contributed by atoms with Crippen molar-refractivity contribution in [3.05, 3.63) is 53.1 Å². The van der Waals surface area contributed by atoms with Crippen molar-refractivity contribution < 1.29 is 4.79 Å². The third-order valence-corrected chi connectivity index (χ3v) is 5.89. The van der Waals surface area contributed by atoms with Gasteiger partial charge in [0.1, 0.15) is 11.5 Å². The summed E-state index contributed by atoms with van der Waals surface area (Å²) in [5.41, 5.74) is 2.51. The third-order valence-electron chi connectivity index (χ3n) is 5.89. The van der Waals surface area contributed by atoms with Crippen LogP contribution in [0.4, 0.5) is 11.5 Å². The molecule has 0 radical (unpaired) electrons. The average molecular weight is 423 g/mol. The molecule has 4 rings (SSSR count). The lowest BCUT2D eigenvalue weighted by molar-refractivity contribution is -0.130. The molecular formula is C23H30N6O2. The Labute approximate surface area is 182 Å². The molecule has 1 aliphatic carbocycles. The minimum atomic E-state index is -0.0917. The molecule has 31 heavy (non-hydrogen) atoms. The van der Waals surface area contributed by atoms with Gasteiger partial charge in [0.25, 0.3) is 5.56 Å². The number of pyridine rings is 2. The van der Waals surface area contributed by atoms with Crippen LogP contribution in [-0.2, 0) is 4.79 Å². The average Bonchev–Trinajstić information content (AvgIpc) is 3.57. The molecule has 2 aromatic rings. The number of nitrogens with one attached hydrogen (secondary N) is 3. The van der Waals surface area contributed by atoms with Gasteiger partial charge in [-0.15, -0.1) is 0 Å². The summed E-state index contributed by atoms with van der Waals surface area (Å²) >= 11 is 0. The van der Waals surface area contributed by atoms with Gasteiger partial charge in [-0.3, -0.25) is 9.59 Å². The molecule has 0 spiro atoms. The van der Waals surface area contributed by atoms with Crippen LogP contribution in [0.3, 0.4) is 0 Å². The summed E-state index contributed by atoms with van der Waals surface area (Å²) < 4.78 is 0. The standard InChI is InChI=1S/C23H30N6O2/c1-24-8-3-4-22(30)28-14-19(15-28)29(13-16-5-6-16)20-10-18(12-27-23(20)31)17-7-9-26-21(11-17)25-2/h3-4,7,9-12,16,19,24H,5-6,8,13-15H2,1-2H3,(H,25,26)(H,27,31). The molecule has 0 bridgehead atoms. The smallest absolute Gasteiger partial charge is 0.271 e. The number of carbonyl (C=O) groups is 1. The predicted octanol–water partition coefficient (Wildman–Crippen LogP) is 1.68.